The maximum absolute atomic E-state index is 13.5. The van der Waals surface area contributed by atoms with Crippen LogP contribution in [-0.2, 0) is 12.0 Å². The Morgan fingerprint density at radius 1 is 1.06 bits per heavy atom. The number of hydrogen-bond acceptors (Lipinski definition) is 4. The molecule has 0 unspecified atom stereocenters. The fourth-order valence-electron chi connectivity index (χ4n) is 5.17. The number of ether oxygens (including phenoxy) is 1. The van der Waals surface area contributed by atoms with Crippen LogP contribution in [0.3, 0.4) is 0 Å². The lowest BCUT2D eigenvalue weighted by molar-refractivity contribution is 0.199. The molecule has 4 aromatic rings. The molecular formula is C29H25FN2O2. The van der Waals surface area contributed by atoms with Crippen molar-refractivity contribution in [1.82, 2.24) is 4.98 Å². The predicted octanol–water partition coefficient (Wildman–Crippen LogP) is 7.41. The largest absolute Gasteiger partial charge is 0.487 e. The van der Waals surface area contributed by atoms with Crippen LogP contribution >= 0.6 is 0 Å². The van der Waals surface area contributed by atoms with Crippen molar-refractivity contribution in [2.45, 2.75) is 31.8 Å². The van der Waals surface area contributed by atoms with E-state index in [1.54, 1.807) is 12.1 Å². The highest BCUT2D eigenvalue weighted by Crippen LogP contribution is 2.53. The summed E-state index contributed by atoms with van der Waals surface area (Å²) in [4.78, 5) is 15.4. The molecule has 0 aliphatic heterocycles. The zero-order valence-corrected chi connectivity index (χ0v) is 18.9. The van der Waals surface area contributed by atoms with Gasteiger partial charge in [-0.2, -0.15) is 0 Å². The summed E-state index contributed by atoms with van der Waals surface area (Å²) in [7, 11) is 0. The van der Waals surface area contributed by atoms with E-state index in [1.165, 1.54) is 23.9 Å². The van der Waals surface area contributed by atoms with Crippen LogP contribution in [0.2, 0.25) is 0 Å². The van der Waals surface area contributed by atoms with Gasteiger partial charge in [0.1, 0.15) is 18.2 Å². The predicted molar refractivity (Wildman–Crippen MR) is 133 cm³/mol. The molecule has 0 N–H and O–H groups in total. The number of pyridine rings is 1. The van der Waals surface area contributed by atoms with Crippen molar-refractivity contribution in [3.05, 3.63) is 118 Å². The van der Waals surface area contributed by atoms with Crippen LogP contribution in [0.5, 0.6) is 5.75 Å². The van der Waals surface area contributed by atoms with Crippen molar-refractivity contribution in [2.24, 2.45) is 11.1 Å². The van der Waals surface area contributed by atoms with Gasteiger partial charge in [-0.1, -0.05) is 49.4 Å². The van der Waals surface area contributed by atoms with Crippen LogP contribution in [-0.4, -0.2) is 4.98 Å². The lowest BCUT2D eigenvalue weighted by atomic mass is 9.55. The van der Waals surface area contributed by atoms with Crippen LogP contribution in [0.15, 0.2) is 90.2 Å². The Bertz CT molecular complexity index is 1360. The first-order chi connectivity index (χ1) is 16.6. The molecule has 1 saturated carbocycles. The van der Waals surface area contributed by atoms with Gasteiger partial charge in [-0.05, 0) is 83.1 Å². The first-order valence-electron chi connectivity index (χ1n) is 11.4. The Morgan fingerprint density at radius 3 is 2.65 bits per heavy atom. The number of halogens is 1. The van der Waals surface area contributed by atoms with E-state index in [0.29, 0.717) is 12.5 Å². The normalized spacial score (nSPS) is 19.8. The van der Waals surface area contributed by atoms with Crippen LogP contribution in [0.25, 0.3) is 17.0 Å². The molecule has 4 nitrogen and oxygen atoms in total. The van der Waals surface area contributed by atoms with Crippen LogP contribution in [0.1, 0.15) is 42.1 Å². The van der Waals surface area contributed by atoms with Crippen molar-refractivity contribution >= 4 is 17.0 Å². The van der Waals surface area contributed by atoms with Gasteiger partial charge < -0.3 is 4.74 Å². The Hall–Kier alpha value is -3.86. The molecule has 1 aromatic heterocycles. The maximum Gasteiger partial charge on any atom is 0.130 e. The summed E-state index contributed by atoms with van der Waals surface area (Å²) in [6, 6.07) is 24.8. The average Bonchev–Trinajstić information content (AvgIpc) is 2.85. The molecular weight excluding hydrogens is 427 g/mol. The molecule has 1 aliphatic rings. The summed E-state index contributed by atoms with van der Waals surface area (Å²) in [6.45, 7) is 2.56. The summed E-state index contributed by atoms with van der Waals surface area (Å²) < 4.78 is 19.6. The van der Waals surface area contributed by atoms with E-state index in [-0.39, 0.29) is 11.2 Å². The van der Waals surface area contributed by atoms with Gasteiger partial charge in [-0.15, -0.1) is 4.91 Å². The zero-order chi connectivity index (χ0) is 23.5. The smallest absolute Gasteiger partial charge is 0.130 e. The SMILES string of the molecule is CC1CC(c2ccccc2)(c2cc(OCc3ccc4cc(F)ccc4n3)ccc2/C=C/N=O)C1. The quantitative estimate of drug-likeness (QED) is 0.274. The second kappa shape index (κ2) is 9.18. The van der Waals surface area contributed by atoms with Gasteiger partial charge in [0, 0.05) is 10.8 Å². The lowest BCUT2D eigenvalue weighted by Crippen LogP contribution is -2.41. The summed E-state index contributed by atoms with van der Waals surface area (Å²) in [5.74, 6) is 1.07. The number of benzene rings is 3. The third-order valence-electron chi connectivity index (χ3n) is 6.67. The van der Waals surface area contributed by atoms with Gasteiger partial charge in [0.05, 0.1) is 17.4 Å². The van der Waals surface area contributed by atoms with Gasteiger partial charge in [-0.3, -0.25) is 0 Å². The minimum Gasteiger partial charge on any atom is -0.487 e. The number of nitrogens with zero attached hydrogens (tertiary/aromatic N) is 2. The molecule has 1 heterocycles. The molecule has 34 heavy (non-hydrogen) atoms. The number of hydrogen-bond donors (Lipinski definition) is 0. The lowest BCUT2D eigenvalue weighted by Gasteiger charge is -2.48. The summed E-state index contributed by atoms with van der Waals surface area (Å²) >= 11 is 0. The third kappa shape index (κ3) is 4.21. The first-order valence-corrected chi connectivity index (χ1v) is 11.4. The van der Waals surface area contributed by atoms with Gasteiger partial charge in [0.2, 0.25) is 0 Å². The van der Waals surface area contributed by atoms with Gasteiger partial charge in [0.15, 0.2) is 0 Å². The minimum atomic E-state index is -0.276. The first kappa shape index (κ1) is 22.0. The molecule has 5 rings (SSSR count). The molecule has 170 valence electrons. The molecule has 0 bridgehead atoms. The third-order valence-corrected chi connectivity index (χ3v) is 6.67. The van der Waals surface area contributed by atoms with Crippen LogP contribution in [0.4, 0.5) is 4.39 Å². The van der Waals surface area contributed by atoms with Crippen molar-refractivity contribution < 1.29 is 9.13 Å². The molecule has 0 saturated heterocycles. The second-order valence-electron chi connectivity index (χ2n) is 9.06. The Labute approximate surface area is 198 Å². The number of aromatic nitrogens is 1. The van der Waals surface area contributed by atoms with E-state index < -0.39 is 0 Å². The molecule has 1 fully saturated rings. The van der Waals surface area contributed by atoms with Crippen molar-refractivity contribution in [1.29, 1.82) is 0 Å². The average molecular weight is 453 g/mol. The van der Waals surface area contributed by atoms with Crippen LogP contribution < -0.4 is 4.74 Å². The monoisotopic (exact) mass is 452 g/mol. The molecule has 0 spiro atoms. The van der Waals surface area contributed by atoms with E-state index in [9.17, 15) is 9.30 Å². The van der Waals surface area contributed by atoms with Gasteiger partial charge >= 0.3 is 0 Å². The van der Waals surface area contributed by atoms with Crippen molar-refractivity contribution in [2.75, 3.05) is 0 Å². The summed E-state index contributed by atoms with van der Waals surface area (Å²) in [5.41, 5.74) is 4.74. The van der Waals surface area contributed by atoms with Crippen LogP contribution in [0, 0.1) is 16.6 Å². The fraction of sp³-hybridized carbons (Fsp3) is 0.207. The number of rotatable bonds is 7. The summed E-state index contributed by atoms with van der Waals surface area (Å²) in [5, 5.41) is 3.68. The van der Waals surface area contributed by atoms with E-state index >= 15 is 0 Å². The number of fused-ring (bicyclic) bond motifs is 1. The Kier molecular flexibility index (Phi) is 5.93. The van der Waals surface area contributed by atoms with Gasteiger partial charge in [-0.25, -0.2) is 9.37 Å². The summed E-state index contributed by atoms with van der Waals surface area (Å²) in [6.07, 6.45) is 5.11. The fourth-order valence-corrected chi connectivity index (χ4v) is 5.17. The minimum absolute atomic E-state index is 0.131. The topological polar surface area (TPSA) is 51.6 Å². The molecule has 0 atom stereocenters. The second-order valence-corrected chi connectivity index (χ2v) is 9.06. The standard InChI is InChI=1S/C29H25FN2O2/c1-20-17-29(18-20,23-5-3-2-4-6-23)27-16-26(11-8-21(27)13-14-31-33)34-19-25-10-7-22-15-24(30)9-12-28(22)32-25/h2-16,20H,17-19H2,1H3/b14-13+. The van der Waals surface area contributed by atoms with E-state index in [0.717, 1.165) is 46.3 Å². The molecule has 0 radical (unpaired) electrons. The van der Waals surface area contributed by atoms with E-state index in [4.69, 9.17) is 4.74 Å². The Morgan fingerprint density at radius 2 is 1.88 bits per heavy atom. The molecule has 1 aliphatic carbocycles. The van der Waals surface area contributed by atoms with Gasteiger partial charge in [0.25, 0.3) is 0 Å². The highest BCUT2D eigenvalue weighted by molar-refractivity contribution is 5.78. The maximum atomic E-state index is 13.5. The highest BCUT2D eigenvalue weighted by atomic mass is 19.1. The van der Waals surface area contributed by atoms with E-state index in [1.807, 2.05) is 30.3 Å². The number of nitroso groups, excluding NO2 is 1. The Balaban J connectivity index is 1.47. The highest BCUT2D eigenvalue weighted by Gasteiger charge is 2.45. The zero-order valence-electron chi connectivity index (χ0n) is 18.9. The molecule has 3 aromatic carbocycles. The van der Waals surface area contributed by atoms with Crippen molar-refractivity contribution in [3.8, 4) is 5.75 Å². The van der Waals surface area contributed by atoms with Crippen molar-refractivity contribution in [3.63, 3.8) is 0 Å². The molecule has 0 amide bonds. The molecule has 5 heteroatoms. The van der Waals surface area contributed by atoms with E-state index in [2.05, 4.69) is 47.4 Å².